The van der Waals surface area contributed by atoms with Crippen LogP contribution in [0.2, 0.25) is 0 Å². The van der Waals surface area contributed by atoms with E-state index in [1.165, 1.54) is 5.69 Å². The highest BCUT2D eigenvalue weighted by Gasteiger charge is 2.03. The Kier molecular flexibility index (Phi) is 5.77. The van der Waals surface area contributed by atoms with E-state index in [9.17, 15) is 0 Å². The number of hydrogen-bond donors (Lipinski definition) is 0. The lowest BCUT2D eigenvalue weighted by molar-refractivity contribution is -0.702. The van der Waals surface area contributed by atoms with Crippen LogP contribution in [0, 0.1) is 5.92 Å². The number of halogens is 1. The summed E-state index contributed by atoms with van der Waals surface area (Å²) < 4.78 is 2.22. The van der Waals surface area contributed by atoms with Gasteiger partial charge in [-0.25, -0.2) is 4.57 Å². The third-order valence-electron chi connectivity index (χ3n) is 1.97. The molecular formula is C11H19BrN2. The van der Waals surface area contributed by atoms with Crippen LogP contribution >= 0.6 is 0 Å². The minimum Gasteiger partial charge on any atom is -1.00 e. The van der Waals surface area contributed by atoms with Crippen molar-refractivity contribution in [3.05, 3.63) is 24.5 Å². The van der Waals surface area contributed by atoms with Crippen molar-refractivity contribution in [3.8, 4) is 0 Å². The van der Waals surface area contributed by atoms with Gasteiger partial charge in [0.2, 0.25) is 0 Å². The van der Waals surface area contributed by atoms with Gasteiger partial charge in [0.05, 0.1) is 0 Å². The molecule has 1 aromatic heterocycles. The first kappa shape index (κ1) is 13.4. The Morgan fingerprint density at radius 1 is 1.21 bits per heavy atom. The van der Waals surface area contributed by atoms with Crippen LogP contribution in [0.1, 0.15) is 13.8 Å². The molecule has 0 bridgehead atoms. The fraction of sp³-hybridized carbons (Fsp3) is 0.545. The zero-order valence-corrected chi connectivity index (χ0v) is 11.0. The van der Waals surface area contributed by atoms with Crippen LogP contribution in [0.5, 0.6) is 0 Å². The predicted molar refractivity (Wildman–Crippen MR) is 55.8 cm³/mol. The summed E-state index contributed by atoms with van der Waals surface area (Å²) in [4.78, 5) is 2.11. The van der Waals surface area contributed by atoms with Gasteiger partial charge in [0, 0.05) is 37.8 Å². The Hall–Kier alpha value is -0.570. The van der Waals surface area contributed by atoms with Gasteiger partial charge in [-0.1, -0.05) is 13.8 Å². The second-order valence-corrected chi connectivity index (χ2v) is 4.04. The fourth-order valence-electron chi connectivity index (χ4n) is 1.29. The lowest BCUT2D eigenvalue weighted by Crippen LogP contribution is -3.00. The average molecular weight is 259 g/mol. The highest BCUT2D eigenvalue weighted by molar-refractivity contribution is 5.41. The summed E-state index contributed by atoms with van der Waals surface area (Å²) in [6.45, 7) is 5.55. The number of hydrogen-bond acceptors (Lipinski definition) is 1. The summed E-state index contributed by atoms with van der Waals surface area (Å²) in [7, 11) is 4.12. The second kappa shape index (κ2) is 6.02. The van der Waals surface area contributed by atoms with Crippen molar-refractivity contribution in [1.82, 2.24) is 0 Å². The summed E-state index contributed by atoms with van der Waals surface area (Å²) in [5, 5.41) is 0. The van der Waals surface area contributed by atoms with Crippen molar-refractivity contribution < 1.29 is 21.5 Å². The maximum absolute atomic E-state index is 2.23. The zero-order valence-electron chi connectivity index (χ0n) is 9.37. The Morgan fingerprint density at radius 2 is 1.71 bits per heavy atom. The van der Waals surface area contributed by atoms with Crippen LogP contribution in [0.25, 0.3) is 0 Å². The quantitative estimate of drug-likeness (QED) is 0.612. The number of aromatic nitrogens is 1. The van der Waals surface area contributed by atoms with Crippen molar-refractivity contribution in [3.63, 3.8) is 0 Å². The molecule has 0 fully saturated rings. The van der Waals surface area contributed by atoms with Gasteiger partial charge in [0.1, 0.15) is 0 Å². The molecule has 0 spiro atoms. The van der Waals surface area contributed by atoms with Gasteiger partial charge < -0.3 is 21.9 Å². The first-order valence-electron chi connectivity index (χ1n) is 4.76. The Balaban J connectivity index is 0.00000169. The molecule has 1 heterocycles. The van der Waals surface area contributed by atoms with Crippen molar-refractivity contribution in [2.24, 2.45) is 5.92 Å². The minimum absolute atomic E-state index is 0. The molecule has 0 aromatic carbocycles. The lowest BCUT2D eigenvalue weighted by Gasteiger charge is -2.10. The molecule has 2 nitrogen and oxygen atoms in total. The van der Waals surface area contributed by atoms with Crippen LogP contribution in [-0.2, 0) is 6.54 Å². The predicted octanol–water partition coefficient (Wildman–Crippen LogP) is -1.30. The first-order chi connectivity index (χ1) is 6.09. The Labute approximate surface area is 97.3 Å². The summed E-state index contributed by atoms with van der Waals surface area (Å²) in [6, 6.07) is 4.28. The standard InChI is InChI=1S/C11H19N2.BrH/c1-10(2)9-13-7-5-11(6-8-13)12(3)4;/h5-8,10H,9H2,1-4H3;1H/q+1;/p-1. The normalized spacial score (nSPS) is 9.79. The number of nitrogens with zero attached hydrogens (tertiary/aromatic N) is 2. The molecule has 1 aromatic rings. The Morgan fingerprint density at radius 3 is 2.07 bits per heavy atom. The van der Waals surface area contributed by atoms with Gasteiger partial charge in [0.15, 0.2) is 18.9 Å². The van der Waals surface area contributed by atoms with Crippen LogP contribution in [-0.4, -0.2) is 14.1 Å². The summed E-state index contributed by atoms with van der Waals surface area (Å²) >= 11 is 0. The monoisotopic (exact) mass is 258 g/mol. The molecule has 0 aliphatic heterocycles. The van der Waals surface area contributed by atoms with Gasteiger partial charge in [-0.3, -0.25) is 0 Å². The molecule has 80 valence electrons. The molecule has 0 unspecified atom stereocenters. The molecule has 14 heavy (non-hydrogen) atoms. The van der Waals surface area contributed by atoms with E-state index in [1.807, 2.05) is 0 Å². The lowest BCUT2D eigenvalue weighted by atomic mass is 10.2. The van der Waals surface area contributed by atoms with E-state index in [2.05, 4.69) is 61.9 Å². The van der Waals surface area contributed by atoms with E-state index in [0.29, 0.717) is 5.92 Å². The summed E-state index contributed by atoms with van der Waals surface area (Å²) in [5.74, 6) is 0.704. The molecule has 0 atom stereocenters. The van der Waals surface area contributed by atoms with Crippen LogP contribution in [0.15, 0.2) is 24.5 Å². The largest absolute Gasteiger partial charge is 1.00 e. The second-order valence-electron chi connectivity index (χ2n) is 4.04. The minimum atomic E-state index is 0. The zero-order chi connectivity index (χ0) is 9.84. The number of rotatable bonds is 3. The molecule has 1 rings (SSSR count). The van der Waals surface area contributed by atoms with Crippen molar-refractivity contribution >= 4 is 5.69 Å². The van der Waals surface area contributed by atoms with Gasteiger partial charge in [0.25, 0.3) is 0 Å². The summed E-state index contributed by atoms with van der Waals surface area (Å²) in [5.41, 5.74) is 1.25. The van der Waals surface area contributed by atoms with E-state index in [0.717, 1.165) is 6.54 Å². The highest BCUT2D eigenvalue weighted by atomic mass is 79.9. The SMILES string of the molecule is CC(C)C[n+]1ccc(N(C)C)cc1.[Br-]. The molecule has 0 amide bonds. The van der Waals surface area contributed by atoms with Gasteiger partial charge >= 0.3 is 0 Å². The van der Waals surface area contributed by atoms with E-state index in [1.54, 1.807) is 0 Å². The highest BCUT2D eigenvalue weighted by Crippen LogP contribution is 2.06. The van der Waals surface area contributed by atoms with Crippen molar-refractivity contribution in [1.29, 1.82) is 0 Å². The maximum Gasteiger partial charge on any atom is 0.170 e. The average Bonchev–Trinajstić information content (AvgIpc) is 2.04. The third kappa shape index (κ3) is 4.09. The molecule has 0 saturated carbocycles. The van der Waals surface area contributed by atoms with Crippen LogP contribution in [0.3, 0.4) is 0 Å². The van der Waals surface area contributed by atoms with Crippen molar-refractivity contribution in [2.45, 2.75) is 20.4 Å². The molecule has 0 aliphatic rings. The molecular weight excluding hydrogens is 240 g/mol. The molecule has 0 aliphatic carbocycles. The van der Waals surface area contributed by atoms with Crippen LogP contribution < -0.4 is 26.4 Å². The Bertz CT molecular complexity index is 254. The first-order valence-corrected chi connectivity index (χ1v) is 4.76. The van der Waals surface area contributed by atoms with Gasteiger partial charge in [-0.05, 0) is 0 Å². The molecule has 3 heteroatoms. The van der Waals surface area contributed by atoms with Crippen LogP contribution in [0.4, 0.5) is 5.69 Å². The topological polar surface area (TPSA) is 7.12 Å². The van der Waals surface area contributed by atoms with Gasteiger partial charge in [-0.2, -0.15) is 0 Å². The fourth-order valence-corrected chi connectivity index (χ4v) is 1.29. The third-order valence-corrected chi connectivity index (χ3v) is 1.97. The summed E-state index contributed by atoms with van der Waals surface area (Å²) in [6.07, 6.45) is 4.27. The van der Waals surface area contributed by atoms with E-state index in [4.69, 9.17) is 0 Å². The molecule has 0 radical (unpaired) electrons. The van der Waals surface area contributed by atoms with Gasteiger partial charge in [-0.15, -0.1) is 0 Å². The number of pyridine rings is 1. The maximum atomic E-state index is 2.23. The van der Waals surface area contributed by atoms with Crippen molar-refractivity contribution in [2.75, 3.05) is 19.0 Å². The molecule has 0 N–H and O–H groups in total. The molecule has 0 saturated heterocycles. The smallest absolute Gasteiger partial charge is 0.170 e. The van der Waals surface area contributed by atoms with E-state index < -0.39 is 0 Å². The number of anilines is 1. The van der Waals surface area contributed by atoms with E-state index >= 15 is 0 Å². The van der Waals surface area contributed by atoms with E-state index in [-0.39, 0.29) is 17.0 Å².